The van der Waals surface area contributed by atoms with Crippen molar-refractivity contribution in [1.29, 1.82) is 0 Å². The number of hydrogen-bond acceptors (Lipinski definition) is 4. The largest absolute Gasteiger partial charge is 0.445 e. The van der Waals surface area contributed by atoms with Crippen molar-refractivity contribution >= 4 is 6.09 Å². The molecule has 4 rings (SSSR count). The van der Waals surface area contributed by atoms with Crippen LogP contribution in [-0.4, -0.2) is 47.0 Å². The molecule has 2 saturated heterocycles. The highest BCUT2D eigenvalue weighted by Gasteiger charge is 2.49. The first-order chi connectivity index (χ1) is 15.1. The molecule has 0 aliphatic carbocycles. The lowest BCUT2D eigenvalue weighted by atomic mass is 9.77. The van der Waals surface area contributed by atoms with Gasteiger partial charge in [0.1, 0.15) is 12.4 Å². The summed E-state index contributed by atoms with van der Waals surface area (Å²) < 4.78 is 64.8. The van der Waals surface area contributed by atoms with Crippen molar-refractivity contribution in [3.8, 4) is 0 Å². The zero-order valence-electron chi connectivity index (χ0n) is 17.1. The number of carbonyl (C=O) groups is 1. The minimum absolute atomic E-state index is 0.00223. The van der Waals surface area contributed by atoms with Gasteiger partial charge in [-0.15, -0.1) is 0 Å². The van der Waals surface area contributed by atoms with E-state index in [1.807, 2.05) is 30.3 Å². The summed E-state index contributed by atoms with van der Waals surface area (Å²) in [7, 11) is 0. The van der Waals surface area contributed by atoms with E-state index in [-0.39, 0.29) is 44.6 Å². The maximum absolute atomic E-state index is 13.7. The molecule has 2 heterocycles. The minimum Gasteiger partial charge on any atom is -0.445 e. The molecule has 2 aromatic carbocycles. The quantitative estimate of drug-likeness (QED) is 0.701. The molecule has 5 nitrogen and oxygen atoms in total. The number of carbonyl (C=O) groups excluding carboxylic acids is 1. The lowest BCUT2D eigenvalue weighted by Crippen LogP contribution is -2.64. The molecule has 0 aromatic heterocycles. The highest BCUT2D eigenvalue weighted by atomic mass is 19.4. The second-order valence-electron chi connectivity index (χ2n) is 8.40. The van der Waals surface area contributed by atoms with Gasteiger partial charge in [0.05, 0.1) is 36.5 Å². The molecular weight excluding hydrogens is 430 g/mol. The third-order valence-electron chi connectivity index (χ3n) is 5.95. The van der Waals surface area contributed by atoms with Gasteiger partial charge in [-0.25, -0.2) is 9.18 Å². The molecule has 2 aliphatic rings. The summed E-state index contributed by atoms with van der Waals surface area (Å²) in [5.74, 6) is -0.804. The third kappa shape index (κ3) is 4.88. The van der Waals surface area contributed by atoms with Crippen molar-refractivity contribution < 1.29 is 36.9 Å². The Labute approximate surface area is 182 Å². The number of piperidine rings is 1. The smallest absolute Gasteiger partial charge is 0.416 e. The first-order valence-corrected chi connectivity index (χ1v) is 10.3. The van der Waals surface area contributed by atoms with Crippen LogP contribution in [0.5, 0.6) is 0 Å². The first kappa shape index (κ1) is 22.5. The fourth-order valence-electron chi connectivity index (χ4n) is 4.65. The molecule has 2 aliphatic heterocycles. The van der Waals surface area contributed by atoms with E-state index in [0.717, 1.165) is 17.7 Å². The van der Waals surface area contributed by atoms with Crippen LogP contribution in [0.1, 0.15) is 29.5 Å². The van der Waals surface area contributed by atoms with Crippen molar-refractivity contribution in [2.75, 3.05) is 13.2 Å². The number of ether oxygens (including phenoxy) is 2. The fraction of sp³-hybridized carbons (Fsp3) is 0.435. The predicted octanol–water partition coefficient (Wildman–Crippen LogP) is 4.32. The summed E-state index contributed by atoms with van der Waals surface area (Å²) >= 11 is 0. The van der Waals surface area contributed by atoms with E-state index in [0.29, 0.717) is 6.07 Å². The van der Waals surface area contributed by atoms with Gasteiger partial charge in [0.15, 0.2) is 0 Å². The van der Waals surface area contributed by atoms with Gasteiger partial charge in [0.25, 0.3) is 0 Å². The summed E-state index contributed by atoms with van der Waals surface area (Å²) in [4.78, 5) is 14.3. The van der Waals surface area contributed by atoms with Gasteiger partial charge in [0, 0.05) is 6.42 Å². The zero-order valence-corrected chi connectivity index (χ0v) is 17.1. The van der Waals surface area contributed by atoms with Gasteiger partial charge in [-0.2, -0.15) is 13.2 Å². The molecule has 2 fully saturated rings. The minimum atomic E-state index is -4.67. The lowest BCUT2D eigenvalue weighted by Gasteiger charge is -2.51. The van der Waals surface area contributed by atoms with Gasteiger partial charge < -0.3 is 14.6 Å². The van der Waals surface area contributed by atoms with E-state index in [1.165, 1.54) is 4.90 Å². The predicted molar refractivity (Wildman–Crippen MR) is 106 cm³/mol. The SMILES string of the molecule is O=C(OCc1ccccc1)N1C2COCC1CC(O)(Cc1cc(F)ccc1C(F)(F)F)C2. The maximum atomic E-state index is 13.7. The molecule has 1 amide bonds. The van der Waals surface area contributed by atoms with E-state index in [1.54, 1.807) is 0 Å². The highest BCUT2D eigenvalue weighted by molar-refractivity contribution is 5.69. The molecule has 2 bridgehead atoms. The molecule has 0 spiro atoms. The Balaban J connectivity index is 1.49. The Morgan fingerprint density at radius 3 is 2.41 bits per heavy atom. The van der Waals surface area contributed by atoms with E-state index in [4.69, 9.17) is 9.47 Å². The molecule has 2 aromatic rings. The zero-order chi connectivity index (χ0) is 22.9. The van der Waals surface area contributed by atoms with Gasteiger partial charge in [0.2, 0.25) is 0 Å². The molecule has 32 heavy (non-hydrogen) atoms. The van der Waals surface area contributed by atoms with E-state index >= 15 is 0 Å². The Morgan fingerprint density at radius 2 is 1.78 bits per heavy atom. The Morgan fingerprint density at radius 1 is 1.12 bits per heavy atom. The van der Waals surface area contributed by atoms with Crippen LogP contribution in [0, 0.1) is 5.82 Å². The van der Waals surface area contributed by atoms with Gasteiger partial charge in [-0.1, -0.05) is 30.3 Å². The van der Waals surface area contributed by atoms with E-state index in [2.05, 4.69) is 0 Å². The van der Waals surface area contributed by atoms with Crippen molar-refractivity contribution in [2.24, 2.45) is 0 Å². The number of aliphatic hydroxyl groups is 1. The van der Waals surface area contributed by atoms with E-state index < -0.39 is 41.3 Å². The summed E-state index contributed by atoms with van der Waals surface area (Å²) in [5, 5.41) is 11.2. The van der Waals surface area contributed by atoms with Crippen LogP contribution in [0.4, 0.5) is 22.4 Å². The average molecular weight is 453 g/mol. The Hall–Kier alpha value is -2.65. The number of halogens is 4. The van der Waals surface area contributed by atoms with Gasteiger partial charge in [-0.05, 0) is 42.2 Å². The molecular formula is C23H23F4NO4. The van der Waals surface area contributed by atoms with Crippen LogP contribution in [0.3, 0.4) is 0 Å². The molecule has 172 valence electrons. The summed E-state index contributed by atoms with van der Waals surface area (Å²) in [6.07, 6.45) is -5.61. The van der Waals surface area contributed by atoms with Crippen molar-refractivity contribution in [1.82, 2.24) is 4.90 Å². The number of rotatable bonds is 4. The number of nitrogens with zero attached hydrogens (tertiary/aromatic N) is 1. The normalized spacial score (nSPS) is 25.5. The monoisotopic (exact) mass is 453 g/mol. The van der Waals surface area contributed by atoms with Gasteiger partial charge >= 0.3 is 12.3 Å². The van der Waals surface area contributed by atoms with Crippen molar-refractivity contribution in [3.05, 3.63) is 71.0 Å². The summed E-state index contributed by atoms with van der Waals surface area (Å²) in [5.41, 5.74) is -2.00. The molecule has 2 atom stereocenters. The number of fused-ring (bicyclic) bond motifs is 2. The second kappa shape index (κ2) is 8.71. The number of alkyl halides is 3. The van der Waals surface area contributed by atoms with Gasteiger partial charge in [-0.3, -0.25) is 4.90 Å². The van der Waals surface area contributed by atoms with Crippen LogP contribution < -0.4 is 0 Å². The molecule has 0 radical (unpaired) electrons. The van der Waals surface area contributed by atoms with Crippen molar-refractivity contribution in [3.63, 3.8) is 0 Å². The summed E-state index contributed by atoms with van der Waals surface area (Å²) in [6.45, 7) is 0.349. The Bertz CT molecular complexity index is 952. The standard InChI is InChI=1S/C23H23F4NO4/c24-17-6-7-20(23(25,26)27)16(8-17)9-22(30)10-18-13-31-14-19(11-22)28(18)21(29)32-12-15-4-2-1-3-5-15/h1-8,18-19,30H,9-14H2. The maximum Gasteiger partial charge on any atom is 0.416 e. The third-order valence-corrected chi connectivity index (χ3v) is 5.95. The molecule has 2 unspecified atom stereocenters. The average Bonchev–Trinajstić information content (AvgIpc) is 2.71. The van der Waals surface area contributed by atoms with Crippen LogP contribution in [0.25, 0.3) is 0 Å². The number of morpholine rings is 1. The number of amides is 1. The van der Waals surface area contributed by atoms with Crippen LogP contribution in [0.2, 0.25) is 0 Å². The fourth-order valence-corrected chi connectivity index (χ4v) is 4.65. The Kier molecular flexibility index (Phi) is 6.13. The van der Waals surface area contributed by atoms with Crippen LogP contribution in [-0.2, 0) is 28.7 Å². The van der Waals surface area contributed by atoms with E-state index in [9.17, 15) is 27.5 Å². The topological polar surface area (TPSA) is 59.0 Å². The first-order valence-electron chi connectivity index (χ1n) is 10.3. The lowest BCUT2D eigenvalue weighted by molar-refractivity contribution is -0.141. The molecule has 0 saturated carbocycles. The second-order valence-corrected chi connectivity index (χ2v) is 8.40. The number of hydrogen-bond donors (Lipinski definition) is 1. The molecule has 1 N–H and O–H groups in total. The van der Waals surface area contributed by atoms with Crippen LogP contribution >= 0.6 is 0 Å². The van der Waals surface area contributed by atoms with Crippen molar-refractivity contribution in [2.45, 2.75) is 49.7 Å². The number of benzene rings is 2. The summed E-state index contributed by atoms with van der Waals surface area (Å²) in [6, 6.07) is 10.3. The highest BCUT2D eigenvalue weighted by Crippen LogP contribution is 2.40. The molecule has 9 heteroatoms. The van der Waals surface area contributed by atoms with Crippen LogP contribution in [0.15, 0.2) is 48.5 Å².